The van der Waals surface area contributed by atoms with Gasteiger partial charge in [0.1, 0.15) is 0 Å². The summed E-state index contributed by atoms with van der Waals surface area (Å²) in [6, 6.07) is 0. The fourth-order valence-corrected chi connectivity index (χ4v) is 0.774. The number of hydrogen-bond donors (Lipinski definition) is 0. The van der Waals surface area contributed by atoms with Crippen LogP contribution in [0.4, 0.5) is 48.3 Å². The molecule has 0 spiro atoms. The van der Waals surface area contributed by atoms with Gasteiger partial charge in [-0.25, -0.2) is 0 Å². The highest BCUT2D eigenvalue weighted by Gasteiger charge is 2.78. The quantitative estimate of drug-likeness (QED) is 0.571. The summed E-state index contributed by atoms with van der Waals surface area (Å²) in [6.45, 7) is 0. The van der Waals surface area contributed by atoms with Crippen molar-refractivity contribution in [2.24, 2.45) is 0 Å². The second-order valence-corrected chi connectivity index (χ2v) is 3.51. The summed E-state index contributed by atoms with van der Waals surface area (Å²) in [5, 5.41) is -5.58. The smallest absolute Gasteiger partial charge is 0.281 e. The molecule has 120 valence electrons. The zero-order chi connectivity index (χ0) is 16.8. The van der Waals surface area contributed by atoms with Crippen LogP contribution in [0, 0.1) is 0 Å². The van der Waals surface area contributed by atoms with Gasteiger partial charge in [-0.05, 0) is 11.6 Å². The Hall–Kier alpha value is -0.850. The highest BCUT2D eigenvalue weighted by atomic mass is 35.5. The van der Waals surface area contributed by atoms with Crippen LogP contribution in [-0.2, 0) is 9.53 Å². The van der Waals surface area contributed by atoms with E-state index in [1.54, 1.807) is 4.74 Å². The van der Waals surface area contributed by atoms with Gasteiger partial charge in [0.25, 0.3) is 0 Å². The van der Waals surface area contributed by atoms with E-state index in [9.17, 15) is 53.1 Å². The van der Waals surface area contributed by atoms with Gasteiger partial charge in [-0.2, -0.15) is 48.3 Å². The number of Topliss-reactive ketones (excluding diaryl/α,β-unsaturated/α-hetero) is 1. The summed E-state index contributed by atoms with van der Waals surface area (Å²) in [5.41, 5.74) is 0. The predicted octanol–water partition coefficient (Wildman–Crippen LogP) is 3.79. The van der Waals surface area contributed by atoms with Crippen molar-refractivity contribution >= 4 is 17.4 Å². The highest BCUT2D eigenvalue weighted by molar-refractivity contribution is 6.33. The Morgan fingerprint density at radius 3 is 1.25 bits per heavy atom. The van der Waals surface area contributed by atoms with Crippen LogP contribution in [0.5, 0.6) is 0 Å². The monoisotopic (exact) mass is 348 g/mol. The zero-order valence-corrected chi connectivity index (χ0v) is 9.11. The third-order valence-electron chi connectivity index (χ3n) is 1.52. The van der Waals surface area contributed by atoms with E-state index in [2.05, 4.69) is 11.6 Å². The summed E-state index contributed by atoms with van der Waals surface area (Å²) in [6.07, 6.45) is -20.8. The fourth-order valence-electron chi connectivity index (χ4n) is 0.664. The Bertz CT molecular complexity index is 364. The number of carbonyl (C=O) groups excluding carboxylic acids is 1. The summed E-state index contributed by atoms with van der Waals surface area (Å²) >= 11 is 3.70. The van der Waals surface area contributed by atoms with E-state index in [0.717, 1.165) is 0 Å². The molecule has 0 amide bonds. The molecule has 0 aliphatic heterocycles. The third-order valence-corrected chi connectivity index (χ3v) is 1.69. The Balaban J connectivity index is 5.69. The minimum absolute atomic E-state index is 1.68. The molecule has 0 radical (unpaired) electrons. The molecule has 0 fully saturated rings. The second kappa shape index (κ2) is 4.86. The topological polar surface area (TPSA) is 26.3 Å². The lowest BCUT2D eigenvalue weighted by atomic mass is 10.2. The average molecular weight is 348 g/mol. The first-order valence-corrected chi connectivity index (χ1v) is 4.26. The Morgan fingerprint density at radius 2 is 1.05 bits per heavy atom. The molecule has 0 aromatic heterocycles. The Labute approximate surface area is 106 Å². The SMILES string of the molecule is O=C(C(F)(F)Cl)C(F)(F)OC(F)(C(F)(F)F)C(F)(F)F. The van der Waals surface area contributed by atoms with Crippen LogP contribution >= 0.6 is 11.6 Å². The van der Waals surface area contributed by atoms with Crippen molar-refractivity contribution < 1.29 is 57.8 Å². The van der Waals surface area contributed by atoms with Gasteiger partial charge in [-0.1, -0.05) is 0 Å². The highest BCUT2D eigenvalue weighted by Crippen LogP contribution is 2.50. The molecule has 0 aromatic carbocycles. The molecule has 0 N–H and O–H groups in total. The van der Waals surface area contributed by atoms with Gasteiger partial charge in [0.15, 0.2) is 0 Å². The van der Waals surface area contributed by atoms with Crippen LogP contribution in [0.25, 0.3) is 0 Å². The van der Waals surface area contributed by atoms with Gasteiger partial charge in [0.2, 0.25) is 0 Å². The molecule has 20 heavy (non-hydrogen) atoms. The lowest BCUT2D eigenvalue weighted by molar-refractivity contribution is -0.471. The maximum atomic E-state index is 12.7. The van der Waals surface area contributed by atoms with Crippen molar-refractivity contribution in [2.45, 2.75) is 29.7 Å². The molecule has 14 heteroatoms. The van der Waals surface area contributed by atoms with E-state index in [1.807, 2.05) is 0 Å². The van der Waals surface area contributed by atoms with E-state index in [4.69, 9.17) is 0 Å². The minimum atomic E-state index is -7.13. The van der Waals surface area contributed by atoms with E-state index in [-0.39, 0.29) is 0 Å². The zero-order valence-electron chi connectivity index (χ0n) is 8.35. The van der Waals surface area contributed by atoms with Crippen molar-refractivity contribution in [3.8, 4) is 0 Å². The van der Waals surface area contributed by atoms with Crippen molar-refractivity contribution in [3.05, 3.63) is 0 Å². The Morgan fingerprint density at radius 1 is 0.750 bits per heavy atom. The van der Waals surface area contributed by atoms with E-state index < -0.39 is 35.5 Å². The molecule has 0 saturated carbocycles. The van der Waals surface area contributed by atoms with Crippen LogP contribution in [0.2, 0.25) is 0 Å². The molecule has 0 aromatic rings. The molecule has 0 unspecified atom stereocenters. The van der Waals surface area contributed by atoms with Crippen molar-refractivity contribution in [1.29, 1.82) is 0 Å². The van der Waals surface area contributed by atoms with Crippen LogP contribution in [-0.4, -0.2) is 35.5 Å². The molecule has 0 saturated heterocycles. The summed E-state index contributed by atoms with van der Waals surface area (Å²) in [5.74, 6) is -11.1. The molecule has 0 aliphatic carbocycles. The first-order chi connectivity index (χ1) is 8.36. The van der Waals surface area contributed by atoms with Gasteiger partial charge in [-0.15, -0.1) is 0 Å². The molecule has 0 atom stereocenters. The summed E-state index contributed by atoms with van der Waals surface area (Å²) < 4.78 is 134. The first kappa shape index (κ1) is 19.1. The van der Waals surface area contributed by atoms with Crippen LogP contribution in [0.3, 0.4) is 0 Å². The fraction of sp³-hybridized carbons (Fsp3) is 0.833. The number of alkyl halides is 12. The van der Waals surface area contributed by atoms with Crippen molar-refractivity contribution in [2.75, 3.05) is 0 Å². The van der Waals surface area contributed by atoms with Crippen molar-refractivity contribution in [3.63, 3.8) is 0 Å². The van der Waals surface area contributed by atoms with Gasteiger partial charge in [0.05, 0.1) is 0 Å². The number of hydrogen-bond acceptors (Lipinski definition) is 2. The van der Waals surface area contributed by atoms with E-state index in [1.165, 1.54) is 0 Å². The standard InChI is InChI=1S/C6ClF11O2/c7-2(8,9)1(19)3(10,11)20-4(12,5(13,14)15)6(16,17)18. The van der Waals surface area contributed by atoms with Crippen LogP contribution in [0.1, 0.15) is 0 Å². The van der Waals surface area contributed by atoms with Crippen molar-refractivity contribution in [1.82, 2.24) is 0 Å². The number of ketones is 1. The second-order valence-electron chi connectivity index (χ2n) is 3.04. The maximum absolute atomic E-state index is 12.7. The number of halogens is 12. The summed E-state index contributed by atoms with van der Waals surface area (Å²) in [4.78, 5) is 10.2. The van der Waals surface area contributed by atoms with Gasteiger partial charge in [-0.3, -0.25) is 9.53 Å². The first-order valence-electron chi connectivity index (χ1n) is 3.88. The van der Waals surface area contributed by atoms with Crippen LogP contribution < -0.4 is 0 Å². The van der Waals surface area contributed by atoms with Crippen LogP contribution in [0.15, 0.2) is 0 Å². The lowest BCUT2D eigenvalue weighted by Gasteiger charge is -2.32. The third kappa shape index (κ3) is 3.62. The molecular formula is C6ClF11O2. The maximum Gasteiger partial charge on any atom is 0.458 e. The number of rotatable bonds is 4. The molecular weight excluding hydrogens is 348 g/mol. The largest absolute Gasteiger partial charge is 0.458 e. The van der Waals surface area contributed by atoms with Gasteiger partial charge >= 0.3 is 35.5 Å². The molecule has 0 rings (SSSR count). The number of ether oxygens (including phenoxy) is 1. The predicted molar refractivity (Wildman–Crippen MR) is 37.8 cm³/mol. The normalized spacial score (nSPS) is 15.4. The summed E-state index contributed by atoms with van der Waals surface area (Å²) in [7, 11) is 0. The van der Waals surface area contributed by atoms with Gasteiger partial charge < -0.3 is 0 Å². The average Bonchev–Trinajstić information content (AvgIpc) is 2.10. The van der Waals surface area contributed by atoms with Gasteiger partial charge in [0, 0.05) is 0 Å². The molecule has 2 nitrogen and oxygen atoms in total. The minimum Gasteiger partial charge on any atom is -0.281 e. The Kier molecular flexibility index (Phi) is 4.65. The number of carbonyl (C=O) groups is 1. The van der Waals surface area contributed by atoms with E-state index >= 15 is 0 Å². The molecule has 0 bridgehead atoms. The van der Waals surface area contributed by atoms with E-state index in [0.29, 0.717) is 0 Å². The lowest BCUT2D eigenvalue weighted by Crippen LogP contribution is -2.60. The molecule has 0 heterocycles. The molecule has 0 aliphatic rings.